The Labute approximate surface area is 326 Å². The molecule has 9 nitrogen and oxygen atoms in total. The number of ketones is 2. The number of carbonyl (C=O) groups is 5. The van der Waals surface area contributed by atoms with Crippen molar-refractivity contribution < 1.29 is 33.8 Å². The van der Waals surface area contributed by atoms with Crippen molar-refractivity contribution in [3.8, 4) is 24.7 Å². The number of ether oxygens (including phenoxy) is 1. The van der Waals surface area contributed by atoms with Gasteiger partial charge < -0.3 is 19.6 Å². The molecular formula is C44H80N2O7. The van der Waals surface area contributed by atoms with E-state index in [-0.39, 0.29) is 41.9 Å². The van der Waals surface area contributed by atoms with Crippen molar-refractivity contribution in [3.05, 3.63) is 12.2 Å². The zero-order valence-corrected chi connectivity index (χ0v) is 36.9. The lowest BCUT2D eigenvalue weighted by Gasteiger charge is -2.32. The summed E-state index contributed by atoms with van der Waals surface area (Å²) in [5, 5.41) is 8.08. The fraction of sp³-hybridized carbons (Fsp3) is 0.750. The van der Waals surface area contributed by atoms with Crippen LogP contribution in [-0.2, 0) is 28.7 Å². The average molecular weight is 749 g/mol. The molecule has 0 aromatic rings. The molecule has 1 fully saturated rings. The smallest absolute Gasteiger partial charge is 0.307 e. The Bertz CT molecular complexity index is 1100. The molecule has 1 N–H and O–H groups in total. The first kappa shape index (κ1) is 58.9. The number of carboxylic acids is 1. The second kappa shape index (κ2) is 35.6. The molecule has 1 rings (SSSR count). The summed E-state index contributed by atoms with van der Waals surface area (Å²) < 4.78 is 4.63. The Morgan fingerprint density at radius 2 is 1.19 bits per heavy atom. The van der Waals surface area contributed by atoms with E-state index in [0.717, 1.165) is 32.6 Å². The highest BCUT2D eigenvalue weighted by Crippen LogP contribution is 2.26. The van der Waals surface area contributed by atoms with Gasteiger partial charge in [0.1, 0.15) is 5.78 Å². The summed E-state index contributed by atoms with van der Waals surface area (Å²) in [4.78, 5) is 57.5. The number of aliphatic carboxylic acids is 1. The minimum Gasteiger partial charge on any atom is -0.481 e. The first-order valence-electron chi connectivity index (χ1n) is 19.1. The van der Waals surface area contributed by atoms with E-state index in [2.05, 4.69) is 70.1 Å². The van der Waals surface area contributed by atoms with Gasteiger partial charge in [0.15, 0.2) is 12.4 Å². The lowest BCUT2D eigenvalue weighted by molar-refractivity contribution is -0.143. The summed E-state index contributed by atoms with van der Waals surface area (Å²) in [6, 6.07) is 0. The van der Waals surface area contributed by atoms with Crippen LogP contribution in [-0.4, -0.2) is 84.2 Å². The molecule has 1 heterocycles. The van der Waals surface area contributed by atoms with Crippen molar-refractivity contribution >= 4 is 29.4 Å². The van der Waals surface area contributed by atoms with Crippen molar-refractivity contribution in [2.45, 2.75) is 136 Å². The zero-order chi connectivity index (χ0) is 42.9. The van der Waals surface area contributed by atoms with Crippen LogP contribution in [0.1, 0.15) is 136 Å². The van der Waals surface area contributed by atoms with E-state index in [4.69, 9.17) is 18.0 Å². The number of allylic oxidation sites excluding steroid dienone is 2. The largest absolute Gasteiger partial charge is 0.481 e. The number of Topliss-reactive ketones (excluding diaryl/α,β-unsaturated/α-hetero) is 1. The number of esters is 1. The van der Waals surface area contributed by atoms with Crippen LogP contribution in [0.5, 0.6) is 0 Å². The maximum atomic E-state index is 11.6. The molecule has 0 saturated carbocycles. The summed E-state index contributed by atoms with van der Waals surface area (Å²) >= 11 is 0. The van der Waals surface area contributed by atoms with Gasteiger partial charge in [-0.1, -0.05) is 109 Å². The van der Waals surface area contributed by atoms with Gasteiger partial charge in [-0.3, -0.25) is 24.0 Å². The summed E-state index contributed by atoms with van der Waals surface area (Å²) in [5.41, 5.74) is -0.139. The topological polar surface area (TPSA) is 121 Å². The van der Waals surface area contributed by atoms with Gasteiger partial charge in [-0.2, -0.15) is 0 Å². The minimum absolute atomic E-state index is 0.0888. The van der Waals surface area contributed by atoms with Gasteiger partial charge in [-0.25, -0.2) is 0 Å². The number of hydrogen-bond donors (Lipinski definition) is 1. The number of terminal acetylenes is 2. The van der Waals surface area contributed by atoms with Crippen LogP contribution in [0.15, 0.2) is 12.2 Å². The summed E-state index contributed by atoms with van der Waals surface area (Å²) in [6.45, 7) is 35.4. The van der Waals surface area contributed by atoms with Crippen molar-refractivity contribution in [2.24, 2.45) is 40.9 Å². The van der Waals surface area contributed by atoms with Gasteiger partial charge >= 0.3 is 11.9 Å². The van der Waals surface area contributed by atoms with Gasteiger partial charge in [-0.05, 0) is 62.5 Å². The Morgan fingerprint density at radius 1 is 0.736 bits per heavy atom. The average Bonchev–Trinajstić information content (AvgIpc) is 2.99. The number of amides is 1. The Morgan fingerprint density at radius 3 is 1.40 bits per heavy atom. The van der Waals surface area contributed by atoms with Crippen LogP contribution in [0.25, 0.3) is 0 Å². The zero-order valence-electron chi connectivity index (χ0n) is 36.9. The third-order valence-corrected chi connectivity index (χ3v) is 7.51. The normalized spacial score (nSPS) is 12.4. The highest BCUT2D eigenvalue weighted by Gasteiger charge is 2.27. The van der Waals surface area contributed by atoms with Gasteiger partial charge in [-0.15, -0.1) is 18.8 Å². The van der Waals surface area contributed by atoms with E-state index in [1.807, 2.05) is 66.4 Å². The lowest BCUT2D eigenvalue weighted by atomic mass is 9.78. The maximum Gasteiger partial charge on any atom is 0.307 e. The highest BCUT2D eigenvalue weighted by atomic mass is 16.5. The van der Waals surface area contributed by atoms with E-state index in [1.54, 1.807) is 19.9 Å². The summed E-state index contributed by atoms with van der Waals surface area (Å²) in [7, 11) is 2.10. The van der Waals surface area contributed by atoms with E-state index in [1.165, 1.54) is 0 Å². The van der Waals surface area contributed by atoms with Crippen LogP contribution in [0.4, 0.5) is 0 Å². The Balaban J connectivity index is -0.000000177. The molecule has 53 heavy (non-hydrogen) atoms. The molecule has 0 aliphatic carbocycles. The highest BCUT2D eigenvalue weighted by molar-refractivity contribution is 5.87. The van der Waals surface area contributed by atoms with E-state index in [9.17, 15) is 24.0 Å². The second-order valence-electron chi connectivity index (χ2n) is 16.2. The standard InChI is InChI=1S/C10H20N2O.C8H12O2.C8H16O.C7H12O.C6H10.C5H10O2/c1-9(2)8-10(13)12-6-4-11(3)5-7-12;1-4-5-10-8(9)6-7(2)3;1-6(2)8(4,5)7(3)9;1-6(2)4-5-7(3)8;1-4-5-6(2)3;1-4(2)3-5(6)7/h9H,4-8H2,1-3H3;1,7H,5-6H2,2-3H3;6H,1-5H3;4-6H,1-3H3;1,6H,5H2,2-3H3;4H,3H2,1-2H3,(H,6,7)/b;;;5-4+;;. The number of carbonyl (C=O) groups excluding carboxylic acids is 4. The number of likely N-dealkylation sites (N-methyl/N-ethyl adjacent to an activating group) is 1. The van der Waals surface area contributed by atoms with Crippen LogP contribution in [0.3, 0.4) is 0 Å². The predicted octanol–water partition coefficient (Wildman–Crippen LogP) is 8.84. The third-order valence-electron chi connectivity index (χ3n) is 7.51. The van der Waals surface area contributed by atoms with Gasteiger partial charge in [0, 0.05) is 57.3 Å². The number of hydrogen-bond acceptors (Lipinski definition) is 7. The number of piperazine rings is 1. The SMILES string of the molecule is C#CCC(C)C.C#CCOC(=O)CC(C)C.CC(=O)/C=C/C(C)C.CC(=O)C(C)(C)C(C)C.CC(C)CC(=O)N1CCN(C)CC1.CC(C)CC(=O)O. The van der Waals surface area contributed by atoms with Gasteiger partial charge in [0.05, 0.1) is 0 Å². The van der Waals surface area contributed by atoms with E-state index >= 15 is 0 Å². The van der Waals surface area contributed by atoms with Crippen LogP contribution in [0.2, 0.25) is 0 Å². The molecule has 0 atom stereocenters. The molecule has 0 radical (unpaired) electrons. The molecule has 1 saturated heterocycles. The minimum atomic E-state index is -0.713. The summed E-state index contributed by atoms with van der Waals surface area (Å²) in [6.07, 6.45) is 15.7. The molecular weight excluding hydrogens is 668 g/mol. The predicted molar refractivity (Wildman–Crippen MR) is 222 cm³/mol. The van der Waals surface area contributed by atoms with Crippen molar-refractivity contribution in [3.63, 3.8) is 0 Å². The number of carboxylic acid groups (broad SMARTS) is 1. The molecule has 0 bridgehead atoms. The van der Waals surface area contributed by atoms with Crippen LogP contribution < -0.4 is 0 Å². The first-order chi connectivity index (χ1) is 24.2. The maximum absolute atomic E-state index is 11.6. The van der Waals surface area contributed by atoms with Crippen molar-refractivity contribution in [1.82, 2.24) is 9.80 Å². The molecule has 1 aliphatic rings. The number of nitrogens with zero attached hydrogens (tertiary/aromatic N) is 2. The molecule has 0 aromatic heterocycles. The second-order valence-corrected chi connectivity index (χ2v) is 16.2. The Hall–Kier alpha value is -3.43. The molecule has 308 valence electrons. The monoisotopic (exact) mass is 749 g/mol. The molecule has 0 unspecified atom stereocenters. The van der Waals surface area contributed by atoms with E-state index in [0.29, 0.717) is 48.3 Å². The fourth-order valence-corrected chi connectivity index (χ4v) is 3.37. The first-order valence-corrected chi connectivity index (χ1v) is 19.1. The van der Waals surface area contributed by atoms with Gasteiger partial charge in [0.2, 0.25) is 5.91 Å². The molecule has 0 aromatic carbocycles. The Kier molecular flexibility index (Phi) is 39.5. The van der Waals surface area contributed by atoms with Crippen LogP contribution in [0, 0.1) is 65.6 Å². The molecule has 1 amide bonds. The molecule has 0 spiro atoms. The lowest BCUT2D eigenvalue weighted by Crippen LogP contribution is -2.47. The summed E-state index contributed by atoms with van der Waals surface area (Å²) in [5.74, 6) is 7.27. The van der Waals surface area contributed by atoms with E-state index < -0.39 is 5.97 Å². The van der Waals surface area contributed by atoms with Crippen LogP contribution >= 0.6 is 0 Å². The molecule has 9 heteroatoms. The van der Waals surface area contributed by atoms with Gasteiger partial charge in [0.25, 0.3) is 0 Å². The fourth-order valence-electron chi connectivity index (χ4n) is 3.37. The third kappa shape index (κ3) is 48.6. The van der Waals surface area contributed by atoms with Crippen molar-refractivity contribution in [1.29, 1.82) is 0 Å². The molecule has 1 aliphatic heterocycles. The van der Waals surface area contributed by atoms with Crippen molar-refractivity contribution in [2.75, 3.05) is 39.8 Å². The quantitative estimate of drug-likeness (QED) is 0.119. The number of rotatable bonds is 12.